The lowest BCUT2D eigenvalue weighted by Gasteiger charge is -2.26. The molecular weight excluding hydrogens is 474 g/mol. The van der Waals surface area contributed by atoms with E-state index in [1.165, 1.54) is 11.1 Å². The summed E-state index contributed by atoms with van der Waals surface area (Å²) in [4.78, 5) is 18.7. The van der Waals surface area contributed by atoms with E-state index in [2.05, 4.69) is 53.7 Å². The van der Waals surface area contributed by atoms with Gasteiger partial charge in [-0.25, -0.2) is 0 Å². The van der Waals surface area contributed by atoms with Crippen molar-refractivity contribution in [2.24, 2.45) is 5.73 Å². The van der Waals surface area contributed by atoms with Gasteiger partial charge < -0.3 is 26.0 Å². The van der Waals surface area contributed by atoms with Crippen LogP contribution in [0.3, 0.4) is 0 Å². The van der Waals surface area contributed by atoms with Crippen LogP contribution >= 0.6 is 15.9 Å². The Balaban J connectivity index is 1.70. The molecule has 0 saturated carbocycles. The number of rotatable bonds is 6. The zero-order valence-corrected chi connectivity index (χ0v) is 19.7. The minimum atomic E-state index is -0.724. The maximum atomic E-state index is 11.9. The predicted molar refractivity (Wildman–Crippen MR) is 127 cm³/mol. The number of benzene rings is 2. The highest BCUT2D eigenvalue weighted by Gasteiger charge is 2.20. The molecule has 2 aromatic carbocycles. The molecule has 10 heteroatoms. The average Bonchev–Trinajstić information content (AvgIpc) is 2.76. The van der Waals surface area contributed by atoms with Crippen LogP contribution < -0.4 is 21.1 Å². The molecule has 1 amide bonds. The van der Waals surface area contributed by atoms with Gasteiger partial charge in [-0.15, -0.1) is 10.2 Å². The van der Waals surface area contributed by atoms with Gasteiger partial charge in [0, 0.05) is 17.6 Å². The zero-order chi connectivity index (χ0) is 22.8. The lowest BCUT2D eigenvalue weighted by molar-refractivity contribution is 0.0995. The van der Waals surface area contributed by atoms with Crippen molar-refractivity contribution in [2.75, 3.05) is 31.3 Å². The molecule has 0 fully saturated rings. The molecule has 1 aliphatic rings. The van der Waals surface area contributed by atoms with Gasteiger partial charge in [0.05, 0.1) is 18.5 Å². The summed E-state index contributed by atoms with van der Waals surface area (Å²) in [6, 6.07) is 9.84. The number of nitrogens with two attached hydrogens (primary N) is 1. The highest BCUT2D eigenvalue weighted by atomic mass is 79.9. The van der Waals surface area contributed by atoms with Crippen LogP contribution in [0.5, 0.6) is 5.75 Å². The molecule has 0 spiro atoms. The molecule has 0 atom stereocenters. The van der Waals surface area contributed by atoms with E-state index in [0.717, 1.165) is 40.9 Å². The van der Waals surface area contributed by atoms with Crippen LogP contribution in [-0.4, -0.2) is 46.7 Å². The highest BCUT2D eigenvalue weighted by molar-refractivity contribution is 9.10. The molecule has 4 rings (SSSR count). The van der Waals surface area contributed by atoms with Crippen LogP contribution in [0.1, 0.15) is 27.2 Å². The largest absolute Gasteiger partial charge is 0.495 e. The first kappa shape index (κ1) is 22.0. The van der Waals surface area contributed by atoms with Gasteiger partial charge >= 0.3 is 0 Å². The lowest BCUT2D eigenvalue weighted by atomic mass is 9.99. The van der Waals surface area contributed by atoms with Gasteiger partial charge in [0.15, 0.2) is 11.5 Å². The third-order valence-electron chi connectivity index (χ3n) is 5.36. The Bertz CT molecular complexity index is 1160. The first-order valence-electron chi connectivity index (χ1n) is 10.1. The molecule has 0 aliphatic carbocycles. The van der Waals surface area contributed by atoms with E-state index in [-0.39, 0.29) is 17.5 Å². The number of aryl methyl sites for hydroxylation is 1. The Morgan fingerprint density at radius 2 is 2.03 bits per heavy atom. The van der Waals surface area contributed by atoms with Crippen molar-refractivity contribution in [1.82, 2.24) is 20.1 Å². The molecule has 2 heterocycles. The highest BCUT2D eigenvalue weighted by Crippen LogP contribution is 2.34. The number of likely N-dealkylation sites (N-methyl/N-ethyl adjacent to an activating group) is 1. The number of methoxy groups -OCH3 is 1. The van der Waals surface area contributed by atoms with Gasteiger partial charge in [0.2, 0.25) is 5.95 Å². The minimum absolute atomic E-state index is 0.0512. The number of amides is 1. The van der Waals surface area contributed by atoms with Crippen molar-refractivity contribution in [3.05, 3.63) is 57.2 Å². The Labute approximate surface area is 194 Å². The molecule has 0 radical (unpaired) electrons. The standard InChI is InChI=1S/C22H24BrN7O2/c1-12-5-4-6-15(23)18(12)26-21-19(20(24)31)28-29-22(27-21)25-16-9-14-11-30(2)8-7-13(14)10-17(16)32-3/h4-6,9-10H,7-8,11H2,1-3H3,(H2,24,31)(H2,25,26,27,29). The number of ether oxygens (including phenoxy) is 1. The van der Waals surface area contributed by atoms with Gasteiger partial charge in [0.25, 0.3) is 5.91 Å². The SMILES string of the molecule is COc1cc2c(cc1Nc1nnc(C(N)=O)c(Nc3c(C)cccc3Br)n1)CN(C)CC2. The van der Waals surface area contributed by atoms with Crippen molar-refractivity contribution in [1.29, 1.82) is 0 Å². The van der Waals surface area contributed by atoms with Crippen molar-refractivity contribution < 1.29 is 9.53 Å². The molecule has 0 saturated heterocycles. The topological polar surface area (TPSA) is 118 Å². The second kappa shape index (κ2) is 9.09. The fraction of sp³-hybridized carbons (Fsp3) is 0.273. The van der Waals surface area contributed by atoms with Crippen LogP contribution in [0.15, 0.2) is 34.8 Å². The molecule has 0 bridgehead atoms. The summed E-state index contributed by atoms with van der Waals surface area (Å²) in [6.45, 7) is 3.80. The maximum Gasteiger partial charge on any atom is 0.273 e. The summed E-state index contributed by atoms with van der Waals surface area (Å²) in [6.07, 6.45) is 0.965. The molecule has 166 valence electrons. The zero-order valence-electron chi connectivity index (χ0n) is 18.1. The predicted octanol–water partition coefficient (Wildman–Crippen LogP) is 3.53. The summed E-state index contributed by atoms with van der Waals surface area (Å²) in [5.74, 6) is 0.386. The second-order valence-corrected chi connectivity index (χ2v) is 8.54. The van der Waals surface area contributed by atoms with Gasteiger partial charge in [0.1, 0.15) is 5.75 Å². The molecule has 3 aromatic rings. The number of aromatic nitrogens is 3. The Hall–Kier alpha value is -3.24. The number of nitrogens with one attached hydrogen (secondary N) is 2. The quantitative estimate of drug-likeness (QED) is 0.473. The minimum Gasteiger partial charge on any atom is -0.495 e. The van der Waals surface area contributed by atoms with E-state index < -0.39 is 5.91 Å². The Morgan fingerprint density at radius 1 is 1.22 bits per heavy atom. The normalized spacial score (nSPS) is 13.4. The fourth-order valence-electron chi connectivity index (χ4n) is 3.66. The van der Waals surface area contributed by atoms with Gasteiger partial charge in [-0.2, -0.15) is 4.98 Å². The molecule has 1 aromatic heterocycles. The molecule has 1 aliphatic heterocycles. The fourth-order valence-corrected chi connectivity index (χ4v) is 4.22. The average molecular weight is 498 g/mol. The molecular formula is C22H24BrN7O2. The van der Waals surface area contributed by atoms with Crippen LogP contribution in [0.4, 0.5) is 23.1 Å². The van der Waals surface area contributed by atoms with E-state index in [1.54, 1.807) is 7.11 Å². The molecule has 4 N–H and O–H groups in total. The number of nitrogens with zero attached hydrogens (tertiary/aromatic N) is 4. The third-order valence-corrected chi connectivity index (χ3v) is 6.02. The third kappa shape index (κ3) is 4.51. The monoisotopic (exact) mass is 497 g/mol. The first-order valence-corrected chi connectivity index (χ1v) is 10.9. The molecule has 0 unspecified atom stereocenters. The van der Waals surface area contributed by atoms with Crippen LogP contribution in [0, 0.1) is 6.92 Å². The number of primary amides is 1. The summed E-state index contributed by atoms with van der Waals surface area (Å²) < 4.78 is 6.40. The maximum absolute atomic E-state index is 11.9. The molecule has 9 nitrogen and oxygen atoms in total. The van der Waals surface area contributed by atoms with Gasteiger partial charge in [-0.05, 0) is 71.2 Å². The van der Waals surface area contributed by atoms with E-state index in [1.807, 2.05) is 37.3 Å². The van der Waals surface area contributed by atoms with Crippen molar-refractivity contribution >= 4 is 45.0 Å². The van der Waals surface area contributed by atoms with Gasteiger partial charge in [-0.3, -0.25) is 4.79 Å². The number of carbonyl (C=O) groups is 1. The summed E-state index contributed by atoms with van der Waals surface area (Å²) in [7, 11) is 3.72. The summed E-state index contributed by atoms with van der Waals surface area (Å²) in [5.41, 5.74) is 10.4. The number of carbonyl (C=O) groups excluding carboxylic acids is 1. The number of hydrogen-bond donors (Lipinski definition) is 3. The lowest BCUT2D eigenvalue weighted by Crippen LogP contribution is -2.26. The van der Waals surface area contributed by atoms with Crippen molar-refractivity contribution in [2.45, 2.75) is 19.9 Å². The van der Waals surface area contributed by atoms with Gasteiger partial charge in [-0.1, -0.05) is 12.1 Å². The second-order valence-electron chi connectivity index (χ2n) is 7.69. The van der Waals surface area contributed by atoms with E-state index in [4.69, 9.17) is 10.5 Å². The Morgan fingerprint density at radius 3 is 2.75 bits per heavy atom. The summed E-state index contributed by atoms with van der Waals surface area (Å²) >= 11 is 3.52. The van der Waals surface area contributed by atoms with Crippen LogP contribution in [-0.2, 0) is 13.0 Å². The number of hydrogen-bond acceptors (Lipinski definition) is 8. The number of fused-ring (bicyclic) bond motifs is 1. The number of anilines is 4. The first-order chi connectivity index (χ1) is 15.4. The van der Waals surface area contributed by atoms with E-state index >= 15 is 0 Å². The van der Waals surface area contributed by atoms with E-state index in [0.29, 0.717) is 5.75 Å². The van der Waals surface area contributed by atoms with Crippen LogP contribution in [0.25, 0.3) is 0 Å². The van der Waals surface area contributed by atoms with Crippen molar-refractivity contribution in [3.63, 3.8) is 0 Å². The number of para-hydroxylation sites is 1. The van der Waals surface area contributed by atoms with E-state index in [9.17, 15) is 4.79 Å². The van der Waals surface area contributed by atoms with Crippen LogP contribution in [0.2, 0.25) is 0 Å². The molecule has 32 heavy (non-hydrogen) atoms. The number of halogens is 1. The summed E-state index contributed by atoms with van der Waals surface area (Å²) in [5, 5.41) is 14.4. The Kier molecular flexibility index (Phi) is 6.24. The van der Waals surface area contributed by atoms with Crippen molar-refractivity contribution in [3.8, 4) is 5.75 Å². The smallest absolute Gasteiger partial charge is 0.273 e.